The van der Waals surface area contributed by atoms with E-state index in [0.717, 1.165) is 33.8 Å². The van der Waals surface area contributed by atoms with Crippen molar-refractivity contribution in [1.82, 2.24) is 14.5 Å². The van der Waals surface area contributed by atoms with Gasteiger partial charge < -0.3 is 9.30 Å². The number of hydrogen-bond donors (Lipinski definition) is 0. The number of hydrogen-bond acceptors (Lipinski definition) is 4. The van der Waals surface area contributed by atoms with E-state index in [2.05, 4.69) is 16.0 Å². The molecular formula is C21H16N4O. The van der Waals surface area contributed by atoms with Gasteiger partial charge in [-0.2, -0.15) is 5.26 Å². The van der Waals surface area contributed by atoms with Crippen LogP contribution >= 0.6 is 0 Å². The number of para-hydroxylation sites is 1. The molecular weight excluding hydrogens is 324 g/mol. The largest absolute Gasteiger partial charge is 0.497 e. The van der Waals surface area contributed by atoms with E-state index in [-0.39, 0.29) is 0 Å². The zero-order valence-electron chi connectivity index (χ0n) is 14.5. The number of aryl methyl sites for hydroxylation is 1. The molecule has 26 heavy (non-hydrogen) atoms. The number of methoxy groups -OCH3 is 1. The van der Waals surface area contributed by atoms with Gasteiger partial charge >= 0.3 is 0 Å². The van der Waals surface area contributed by atoms with E-state index in [1.807, 2.05) is 66.2 Å². The van der Waals surface area contributed by atoms with Crippen LogP contribution in [0.2, 0.25) is 0 Å². The Morgan fingerprint density at radius 1 is 1.04 bits per heavy atom. The highest BCUT2D eigenvalue weighted by atomic mass is 16.5. The molecule has 4 rings (SSSR count). The van der Waals surface area contributed by atoms with Crippen molar-refractivity contribution in [3.05, 3.63) is 72.2 Å². The van der Waals surface area contributed by atoms with Gasteiger partial charge in [-0.1, -0.05) is 18.2 Å². The van der Waals surface area contributed by atoms with Crippen molar-refractivity contribution in [3.63, 3.8) is 0 Å². The Balaban J connectivity index is 2.04. The summed E-state index contributed by atoms with van der Waals surface area (Å²) in [5, 5.41) is 9.55. The van der Waals surface area contributed by atoms with Crippen LogP contribution in [0.4, 0.5) is 0 Å². The first-order chi connectivity index (χ1) is 12.7. The summed E-state index contributed by atoms with van der Waals surface area (Å²) in [7, 11) is 1.64. The molecule has 0 saturated carbocycles. The molecule has 4 aromatic rings. The Hall–Kier alpha value is -3.65. The van der Waals surface area contributed by atoms with Crippen LogP contribution in [0.15, 0.2) is 61.1 Å². The monoisotopic (exact) mass is 340 g/mol. The quantitative estimate of drug-likeness (QED) is 0.558. The summed E-state index contributed by atoms with van der Waals surface area (Å²) in [6.45, 7) is 2.05. The van der Waals surface area contributed by atoms with Crippen LogP contribution in [0.5, 0.6) is 5.75 Å². The summed E-state index contributed by atoms with van der Waals surface area (Å²) in [5.41, 5.74) is 5.83. The smallest absolute Gasteiger partial charge is 0.118 e. The van der Waals surface area contributed by atoms with Gasteiger partial charge in [0.05, 0.1) is 23.9 Å². The van der Waals surface area contributed by atoms with Crippen LogP contribution in [0.3, 0.4) is 0 Å². The number of fused-ring (bicyclic) bond motifs is 1. The van der Waals surface area contributed by atoms with Gasteiger partial charge in [0.15, 0.2) is 0 Å². The number of nitrogens with zero attached hydrogens (tertiary/aromatic N) is 4. The molecule has 0 aliphatic heterocycles. The summed E-state index contributed by atoms with van der Waals surface area (Å²) in [6.07, 6.45) is 3.33. The molecule has 0 fully saturated rings. The van der Waals surface area contributed by atoms with Gasteiger partial charge in [-0.05, 0) is 42.8 Å². The first-order valence-electron chi connectivity index (χ1n) is 8.19. The Kier molecular flexibility index (Phi) is 3.86. The van der Waals surface area contributed by atoms with Crippen LogP contribution in [0.1, 0.15) is 11.1 Å². The first-order valence-corrected chi connectivity index (χ1v) is 8.19. The molecule has 0 radical (unpaired) electrons. The van der Waals surface area contributed by atoms with E-state index < -0.39 is 0 Å². The lowest BCUT2D eigenvalue weighted by molar-refractivity contribution is 0.415. The van der Waals surface area contributed by atoms with Crippen molar-refractivity contribution in [2.24, 2.45) is 0 Å². The first kappa shape index (κ1) is 15.9. The molecule has 0 N–H and O–H groups in total. The molecule has 2 heterocycles. The van der Waals surface area contributed by atoms with Gasteiger partial charge in [-0.3, -0.25) is 0 Å². The predicted molar refractivity (Wildman–Crippen MR) is 100 cm³/mol. The van der Waals surface area contributed by atoms with Crippen LogP contribution in [-0.4, -0.2) is 21.6 Å². The fourth-order valence-corrected chi connectivity index (χ4v) is 3.12. The van der Waals surface area contributed by atoms with Gasteiger partial charge in [0.2, 0.25) is 0 Å². The second kappa shape index (κ2) is 6.34. The minimum Gasteiger partial charge on any atom is -0.497 e. The number of ether oxygens (including phenoxy) is 1. The van der Waals surface area contributed by atoms with Crippen molar-refractivity contribution in [1.29, 1.82) is 5.26 Å². The Labute approximate surface area is 151 Å². The standard InChI is InChI=1S/C21H16N4O/c1-14-5-3-4-6-18(14)25-12-16(11-22)20-21(25)19(23-13-24-20)15-7-9-17(26-2)10-8-15/h3-10,12-13H,1-2H3. The van der Waals surface area contributed by atoms with Gasteiger partial charge in [-0.25, -0.2) is 9.97 Å². The van der Waals surface area contributed by atoms with Crippen molar-refractivity contribution in [2.45, 2.75) is 6.92 Å². The Bertz CT molecular complexity index is 1140. The van der Waals surface area contributed by atoms with Crippen LogP contribution in [0, 0.1) is 18.3 Å². The highest BCUT2D eigenvalue weighted by Gasteiger charge is 2.17. The van der Waals surface area contributed by atoms with Gasteiger partial charge in [-0.15, -0.1) is 0 Å². The number of nitriles is 1. The normalized spacial score (nSPS) is 10.7. The summed E-state index contributed by atoms with van der Waals surface area (Å²) in [6, 6.07) is 18.0. The second-order valence-corrected chi connectivity index (χ2v) is 5.96. The fraction of sp³-hybridized carbons (Fsp3) is 0.0952. The number of rotatable bonds is 3. The molecule has 2 aromatic heterocycles. The molecule has 2 aromatic carbocycles. The maximum absolute atomic E-state index is 9.55. The zero-order chi connectivity index (χ0) is 18.1. The second-order valence-electron chi connectivity index (χ2n) is 5.96. The molecule has 0 bridgehead atoms. The van der Waals surface area contributed by atoms with E-state index in [0.29, 0.717) is 11.1 Å². The molecule has 5 heteroatoms. The lowest BCUT2D eigenvalue weighted by atomic mass is 10.1. The maximum Gasteiger partial charge on any atom is 0.118 e. The van der Waals surface area contributed by atoms with Crippen LogP contribution in [-0.2, 0) is 0 Å². The van der Waals surface area contributed by atoms with E-state index in [9.17, 15) is 5.26 Å². The summed E-state index contributed by atoms with van der Waals surface area (Å²) in [5.74, 6) is 0.783. The summed E-state index contributed by atoms with van der Waals surface area (Å²) in [4.78, 5) is 8.88. The highest BCUT2D eigenvalue weighted by Crippen LogP contribution is 2.32. The average Bonchev–Trinajstić information content (AvgIpc) is 3.07. The third-order valence-corrected chi connectivity index (χ3v) is 4.44. The molecule has 0 amide bonds. The van der Waals surface area contributed by atoms with Crippen molar-refractivity contribution >= 4 is 11.0 Å². The summed E-state index contributed by atoms with van der Waals surface area (Å²) >= 11 is 0. The SMILES string of the molecule is COc1ccc(-c2ncnc3c(C#N)cn(-c4ccccc4C)c23)cc1. The van der Waals surface area contributed by atoms with E-state index >= 15 is 0 Å². The van der Waals surface area contributed by atoms with Crippen molar-refractivity contribution in [2.75, 3.05) is 7.11 Å². The number of benzene rings is 2. The maximum atomic E-state index is 9.55. The molecule has 0 spiro atoms. The number of aromatic nitrogens is 3. The Morgan fingerprint density at radius 2 is 1.81 bits per heavy atom. The topological polar surface area (TPSA) is 63.7 Å². The van der Waals surface area contributed by atoms with E-state index in [1.54, 1.807) is 7.11 Å². The Morgan fingerprint density at radius 3 is 2.50 bits per heavy atom. The molecule has 0 aliphatic carbocycles. The third-order valence-electron chi connectivity index (χ3n) is 4.44. The van der Waals surface area contributed by atoms with Crippen molar-refractivity contribution < 1.29 is 4.74 Å². The third kappa shape index (κ3) is 2.49. The molecule has 0 aliphatic rings. The van der Waals surface area contributed by atoms with Crippen molar-refractivity contribution in [3.8, 4) is 28.8 Å². The minimum absolute atomic E-state index is 0.528. The fourth-order valence-electron chi connectivity index (χ4n) is 3.12. The van der Waals surface area contributed by atoms with Gasteiger partial charge in [0, 0.05) is 17.4 Å². The molecule has 126 valence electrons. The van der Waals surface area contributed by atoms with Crippen LogP contribution in [0.25, 0.3) is 28.0 Å². The molecule has 5 nitrogen and oxygen atoms in total. The lowest BCUT2D eigenvalue weighted by Gasteiger charge is -2.11. The molecule has 0 saturated heterocycles. The van der Waals surface area contributed by atoms with E-state index in [1.165, 1.54) is 6.33 Å². The zero-order valence-corrected chi connectivity index (χ0v) is 14.5. The molecule has 0 atom stereocenters. The van der Waals surface area contributed by atoms with Crippen LogP contribution < -0.4 is 4.74 Å². The summed E-state index contributed by atoms with van der Waals surface area (Å²) < 4.78 is 7.24. The van der Waals surface area contributed by atoms with Gasteiger partial charge in [0.1, 0.15) is 23.7 Å². The minimum atomic E-state index is 0.528. The van der Waals surface area contributed by atoms with Gasteiger partial charge in [0.25, 0.3) is 0 Å². The lowest BCUT2D eigenvalue weighted by Crippen LogP contribution is -1.98. The average molecular weight is 340 g/mol. The highest BCUT2D eigenvalue weighted by molar-refractivity contribution is 5.94. The van der Waals surface area contributed by atoms with E-state index in [4.69, 9.17) is 4.74 Å². The predicted octanol–water partition coefficient (Wildman–Crippen LogP) is 4.28. The molecule has 0 unspecified atom stereocenters.